The number of aromatic nitrogens is 1. The van der Waals surface area contributed by atoms with Crippen LogP contribution in [0.5, 0.6) is 0 Å². The van der Waals surface area contributed by atoms with Crippen LogP contribution < -0.4 is 0 Å². The van der Waals surface area contributed by atoms with Gasteiger partial charge in [0.05, 0.1) is 19.1 Å². The van der Waals surface area contributed by atoms with Gasteiger partial charge in [-0.1, -0.05) is 24.3 Å². The number of hydrogen-bond acceptors (Lipinski definition) is 4. The van der Waals surface area contributed by atoms with Crippen molar-refractivity contribution in [3.8, 4) is 0 Å². The van der Waals surface area contributed by atoms with Crippen LogP contribution >= 0.6 is 11.3 Å². The fraction of sp³-hybridized carbons (Fsp3) is 0.474. The van der Waals surface area contributed by atoms with E-state index in [9.17, 15) is 4.79 Å². The molecule has 2 heterocycles. The summed E-state index contributed by atoms with van der Waals surface area (Å²) in [6.45, 7) is 3.87. The van der Waals surface area contributed by atoms with E-state index in [1.165, 1.54) is 11.1 Å². The number of nitrogens with zero attached hydrogens (tertiary/aromatic N) is 2. The fourth-order valence-electron chi connectivity index (χ4n) is 3.75. The maximum Gasteiger partial charge on any atom is 0.230 e. The van der Waals surface area contributed by atoms with Gasteiger partial charge in [-0.15, -0.1) is 11.3 Å². The molecular weight excluding hydrogens is 320 g/mol. The summed E-state index contributed by atoms with van der Waals surface area (Å²) < 4.78 is 5.87. The van der Waals surface area contributed by atoms with E-state index in [0.29, 0.717) is 19.7 Å². The van der Waals surface area contributed by atoms with Crippen molar-refractivity contribution in [2.24, 2.45) is 0 Å². The Morgan fingerprint density at radius 2 is 2.25 bits per heavy atom. The first-order valence-corrected chi connectivity index (χ1v) is 9.50. The molecule has 126 valence electrons. The van der Waals surface area contributed by atoms with Crippen LogP contribution in [0.25, 0.3) is 0 Å². The van der Waals surface area contributed by atoms with Crippen molar-refractivity contribution >= 4 is 17.2 Å². The van der Waals surface area contributed by atoms with Gasteiger partial charge in [-0.05, 0) is 37.3 Å². The largest absolute Gasteiger partial charge is 0.367 e. The minimum absolute atomic E-state index is 0.00623. The highest BCUT2D eigenvalue weighted by atomic mass is 32.1. The molecule has 2 unspecified atom stereocenters. The SMILES string of the molecule is Cc1csc(C2CN(C(=O)C3CCCc4ccccc43)CCO2)n1. The van der Waals surface area contributed by atoms with Crippen molar-refractivity contribution < 1.29 is 9.53 Å². The average molecular weight is 342 g/mol. The van der Waals surface area contributed by atoms with Crippen LogP contribution in [0.4, 0.5) is 0 Å². The molecule has 1 aliphatic heterocycles. The second kappa shape index (κ2) is 6.65. The van der Waals surface area contributed by atoms with Crippen LogP contribution in [0, 0.1) is 6.92 Å². The van der Waals surface area contributed by atoms with Crippen molar-refractivity contribution in [3.63, 3.8) is 0 Å². The zero-order valence-electron chi connectivity index (χ0n) is 13.9. The topological polar surface area (TPSA) is 42.4 Å². The van der Waals surface area contributed by atoms with Crippen molar-refractivity contribution in [2.75, 3.05) is 19.7 Å². The third kappa shape index (κ3) is 2.98. The molecule has 1 aromatic heterocycles. The van der Waals surface area contributed by atoms with Crippen LogP contribution in [-0.2, 0) is 16.0 Å². The van der Waals surface area contributed by atoms with Crippen LogP contribution in [0.1, 0.15) is 46.7 Å². The molecule has 0 saturated carbocycles. The van der Waals surface area contributed by atoms with E-state index in [1.807, 2.05) is 23.3 Å². The molecule has 24 heavy (non-hydrogen) atoms. The van der Waals surface area contributed by atoms with Crippen LogP contribution in [0.3, 0.4) is 0 Å². The first-order valence-electron chi connectivity index (χ1n) is 8.62. The number of carbonyl (C=O) groups is 1. The van der Waals surface area contributed by atoms with E-state index >= 15 is 0 Å². The van der Waals surface area contributed by atoms with E-state index in [1.54, 1.807) is 11.3 Å². The lowest BCUT2D eigenvalue weighted by molar-refractivity contribution is -0.141. The first-order chi connectivity index (χ1) is 11.7. The Balaban J connectivity index is 1.52. The molecule has 1 amide bonds. The van der Waals surface area contributed by atoms with Crippen LogP contribution in [0.2, 0.25) is 0 Å². The summed E-state index contributed by atoms with van der Waals surface area (Å²) in [5.41, 5.74) is 3.58. The number of morpholine rings is 1. The molecule has 1 saturated heterocycles. The van der Waals surface area contributed by atoms with E-state index < -0.39 is 0 Å². The summed E-state index contributed by atoms with van der Waals surface area (Å²) in [4.78, 5) is 19.7. The Morgan fingerprint density at radius 1 is 1.38 bits per heavy atom. The van der Waals surface area contributed by atoms with Gasteiger partial charge in [0.1, 0.15) is 11.1 Å². The number of fused-ring (bicyclic) bond motifs is 1. The molecule has 0 spiro atoms. The Bertz CT molecular complexity index is 742. The van der Waals surface area contributed by atoms with E-state index in [4.69, 9.17) is 4.74 Å². The smallest absolute Gasteiger partial charge is 0.230 e. The Kier molecular flexibility index (Phi) is 4.37. The number of aryl methyl sites for hydroxylation is 2. The lowest BCUT2D eigenvalue weighted by Crippen LogP contribution is -2.44. The maximum atomic E-state index is 13.2. The molecule has 1 fully saturated rings. The first kappa shape index (κ1) is 15.8. The minimum Gasteiger partial charge on any atom is -0.367 e. The fourth-order valence-corrected chi connectivity index (χ4v) is 4.58. The molecule has 2 aromatic rings. The quantitative estimate of drug-likeness (QED) is 0.839. The van der Waals surface area contributed by atoms with Crippen molar-refractivity contribution in [1.82, 2.24) is 9.88 Å². The Morgan fingerprint density at radius 3 is 3.08 bits per heavy atom. The second-order valence-corrected chi connectivity index (χ2v) is 7.50. The number of hydrogen-bond donors (Lipinski definition) is 0. The number of carbonyl (C=O) groups excluding carboxylic acids is 1. The molecule has 5 heteroatoms. The normalized spacial score (nSPS) is 23.8. The van der Waals surface area contributed by atoms with Gasteiger partial charge in [-0.25, -0.2) is 4.98 Å². The average Bonchev–Trinajstić information content (AvgIpc) is 3.07. The van der Waals surface area contributed by atoms with E-state index in [-0.39, 0.29) is 17.9 Å². The molecule has 2 aliphatic rings. The van der Waals surface area contributed by atoms with Crippen molar-refractivity contribution in [3.05, 3.63) is 51.5 Å². The third-order valence-electron chi connectivity index (χ3n) is 4.96. The number of benzene rings is 1. The molecule has 4 nitrogen and oxygen atoms in total. The molecule has 1 aromatic carbocycles. The molecular formula is C19H22N2O2S. The minimum atomic E-state index is -0.0831. The summed E-state index contributed by atoms with van der Waals surface area (Å²) in [7, 11) is 0. The lowest BCUT2D eigenvalue weighted by Gasteiger charge is -2.36. The monoisotopic (exact) mass is 342 g/mol. The molecule has 0 radical (unpaired) electrons. The lowest BCUT2D eigenvalue weighted by atomic mass is 9.82. The van der Waals surface area contributed by atoms with E-state index in [2.05, 4.69) is 23.2 Å². The predicted molar refractivity (Wildman–Crippen MR) is 94.2 cm³/mol. The Hall–Kier alpha value is -1.72. The number of amides is 1. The van der Waals surface area contributed by atoms with Crippen LogP contribution in [0.15, 0.2) is 29.6 Å². The van der Waals surface area contributed by atoms with Gasteiger partial charge >= 0.3 is 0 Å². The molecule has 2 atom stereocenters. The predicted octanol–water partition coefficient (Wildman–Crippen LogP) is 3.47. The van der Waals surface area contributed by atoms with Gasteiger partial charge < -0.3 is 9.64 Å². The summed E-state index contributed by atoms with van der Waals surface area (Å²) in [5.74, 6) is 0.260. The van der Waals surface area contributed by atoms with Gasteiger partial charge in [0, 0.05) is 17.6 Å². The standard InChI is InChI=1S/C19H22N2O2S/c1-13-12-24-18(20-13)17-11-21(9-10-23-17)19(22)16-8-4-6-14-5-2-3-7-15(14)16/h2-3,5,7,12,16-17H,4,6,8-11H2,1H3. The van der Waals surface area contributed by atoms with Crippen molar-refractivity contribution in [1.29, 1.82) is 0 Å². The summed E-state index contributed by atoms with van der Waals surface area (Å²) >= 11 is 1.62. The maximum absolute atomic E-state index is 13.2. The van der Waals surface area contributed by atoms with E-state index in [0.717, 1.165) is 30.0 Å². The molecule has 4 rings (SSSR count). The summed E-state index contributed by atoms with van der Waals surface area (Å²) in [6, 6.07) is 8.40. The summed E-state index contributed by atoms with van der Waals surface area (Å²) in [6.07, 6.45) is 3.05. The van der Waals surface area contributed by atoms with Gasteiger partial charge in [-0.2, -0.15) is 0 Å². The van der Waals surface area contributed by atoms with Crippen LogP contribution in [-0.4, -0.2) is 35.5 Å². The number of rotatable bonds is 2. The highest BCUT2D eigenvalue weighted by Crippen LogP contribution is 2.34. The zero-order valence-corrected chi connectivity index (χ0v) is 14.7. The Labute approximate surface area is 146 Å². The third-order valence-corrected chi connectivity index (χ3v) is 6.01. The molecule has 0 bridgehead atoms. The van der Waals surface area contributed by atoms with Gasteiger partial charge in [0.25, 0.3) is 0 Å². The number of ether oxygens (including phenoxy) is 1. The highest BCUT2D eigenvalue weighted by Gasteiger charge is 2.33. The highest BCUT2D eigenvalue weighted by molar-refractivity contribution is 7.09. The van der Waals surface area contributed by atoms with Gasteiger partial charge in [0.2, 0.25) is 5.91 Å². The van der Waals surface area contributed by atoms with Crippen molar-refractivity contribution in [2.45, 2.75) is 38.2 Å². The van der Waals surface area contributed by atoms with Gasteiger partial charge in [0.15, 0.2) is 0 Å². The summed E-state index contributed by atoms with van der Waals surface area (Å²) in [5, 5.41) is 3.02. The zero-order chi connectivity index (χ0) is 16.5. The van der Waals surface area contributed by atoms with Gasteiger partial charge in [-0.3, -0.25) is 4.79 Å². The molecule has 1 aliphatic carbocycles. The number of thiazole rings is 1. The second-order valence-electron chi connectivity index (χ2n) is 6.61. The molecule has 0 N–H and O–H groups in total.